The molecular weight excluding hydrogens is 212 g/mol. The van der Waals surface area contributed by atoms with Crippen LogP contribution in [0.1, 0.15) is 17.4 Å². The van der Waals surface area contributed by atoms with Crippen molar-refractivity contribution in [1.82, 2.24) is 8.58 Å². The summed E-state index contributed by atoms with van der Waals surface area (Å²) >= 11 is 3.11. The predicted molar refractivity (Wildman–Crippen MR) is 43.1 cm³/mol. The van der Waals surface area contributed by atoms with Gasteiger partial charge in [-0.15, -0.1) is 0 Å². The van der Waals surface area contributed by atoms with Gasteiger partial charge in [0.2, 0.25) is 0 Å². The van der Waals surface area contributed by atoms with Crippen LogP contribution in [0.25, 0.3) is 0 Å². The van der Waals surface area contributed by atoms with Crippen LogP contribution in [-0.2, 0) is 0 Å². The van der Waals surface area contributed by atoms with Crippen LogP contribution >= 0.6 is 16.1 Å². The Morgan fingerprint density at radius 2 is 2.64 bits per heavy atom. The minimum Gasteiger partial charge on any atom is -0.464 e. The molecular formula is C6H7BrN2O2. The Hall–Kier alpha value is -0.840. The number of halogens is 1. The summed E-state index contributed by atoms with van der Waals surface area (Å²) in [6.45, 7) is 2.38. The maximum atomic E-state index is 10.3. The van der Waals surface area contributed by atoms with E-state index in [4.69, 9.17) is 4.74 Å². The standard InChI is InChI=1S/C6H7BrN2O2/c1-2-11-6-8-3-5(4-10)9(6)7/h3-4H,2H2,1H3. The quantitative estimate of drug-likeness (QED) is 0.718. The Morgan fingerprint density at radius 3 is 3.09 bits per heavy atom. The van der Waals surface area contributed by atoms with Crippen molar-refractivity contribution >= 4 is 22.4 Å². The first kappa shape index (κ1) is 8.26. The Labute approximate surface area is 72.5 Å². The molecule has 0 unspecified atom stereocenters. The average molecular weight is 219 g/mol. The van der Waals surface area contributed by atoms with E-state index < -0.39 is 0 Å². The van der Waals surface area contributed by atoms with Gasteiger partial charge in [0.05, 0.1) is 29.0 Å². The van der Waals surface area contributed by atoms with Crippen molar-refractivity contribution in [3.05, 3.63) is 11.9 Å². The molecule has 1 rings (SSSR count). The van der Waals surface area contributed by atoms with Crippen LogP contribution < -0.4 is 4.74 Å². The lowest BCUT2D eigenvalue weighted by atomic mass is 10.6. The topological polar surface area (TPSA) is 44.1 Å². The van der Waals surface area contributed by atoms with E-state index in [1.807, 2.05) is 6.92 Å². The molecule has 1 aromatic heterocycles. The summed E-state index contributed by atoms with van der Waals surface area (Å²) in [5.74, 6) is 0. The summed E-state index contributed by atoms with van der Waals surface area (Å²) in [6, 6.07) is 0.398. The molecule has 5 heteroatoms. The number of carbonyl (C=O) groups excluding carboxylic acids is 1. The molecule has 0 amide bonds. The van der Waals surface area contributed by atoms with Gasteiger partial charge in [0.25, 0.3) is 0 Å². The van der Waals surface area contributed by atoms with Crippen LogP contribution in [-0.4, -0.2) is 21.5 Å². The van der Waals surface area contributed by atoms with Crippen LogP contribution in [0, 0.1) is 0 Å². The Bertz CT molecular complexity index is 259. The maximum absolute atomic E-state index is 10.3. The van der Waals surface area contributed by atoms with Crippen molar-refractivity contribution in [2.45, 2.75) is 6.92 Å². The van der Waals surface area contributed by atoms with Gasteiger partial charge < -0.3 is 4.74 Å². The molecule has 0 fully saturated rings. The highest BCUT2D eigenvalue weighted by molar-refractivity contribution is 9.08. The van der Waals surface area contributed by atoms with Crippen molar-refractivity contribution in [3.8, 4) is 6.01 Å². The number of rotatable bonds is 3. The fourth-order valence-electron chi connectivity index (χ4n) is 0.633. The summed E-state index contributed by atoms with van der Waals surface area (Å²) in [5.41, 5.74) is 0.438. The molecule has 0 saturated carbocycles. The zero-order chi connectivity index (χ0) is 8.27. The van der Waals surface area contributed by atoms with Gasteiger partial charge in [0.15, 0.2) is 6.29 Å². The van der Waals surface area contributed by atoms with Crippen molar-refractivity contribution in [2.75, 3.05) is 6.61 Å². The van der Waals surface area contributed by atoms with E-state index in [0.717, 1.165) is 0 Å². The Morgan fingerprint density at radius 1 is 1.91 bits per heavy atom. The van der Waals surface area contributed by atoms with Gasteiger partial charge in [0.1, 0.15) is 5.69 Å². The second kappa shape index (κ2) is 3.52. The van der Waals surface area contributed by atoms with E-state index in [9.17, 15) is 4.79 Å². The Balaban J connectivity index is 2.90. The average Bonchev–Trinajstić information content (AvgIpc) is 2.34. The third-order valence-corrected chi connectivity index (χ3v) is 1.81. The van der Waals surface area contributed by atoms with Crippen molar-refractivity contribution in [3.63, 3.8) is 0 Å². The van der Waals surface area contributed by atoms with Crippen molar-refractivity contribution in [1.29, 1.82) is 0 Å². The fourth-order valence-corrected chi connectivity index (χ4v) is 1.00. The SMILES string of the molecule is CCOc1ncc(C=O)n1Br. The van der Waals surface area contributed by atoms with Gasteiger partial charge >= 0.3 is 6.01 Å². The molecule has 1 heterocycles. The van der Waals surface area contributed by atoms with Gasteiger partial charge in [-0.25, -0.2) is 8.58 Å². The number of hydrogen-bond acceptors (Lipinski definition) is 3. The third-order valence-electron chi connectivity index (χ3n) is 1.10. The zero-order valence-electron chi connectivity index (χ0n) is 5.95. The lowest BCUT2D eigenvalue weighted by Crippen LogP contribution is -1.97. The lowest BCUT2D eigenvalue weighted by molar-refractivity contribution is 0.111. The Kier molecular flexibility index (Phi) is 2.64. The van der Waals surface area contributed by atoms with E-state index in [1.54, 1.807) is 0 Å². The largest absolute Gasteiger partial charge is 0.464 e. The fraction of sp³-hybridized carbons (Fsp3) is 0.333. The van der Waals surface area contributed by atoms with Crippen LogP contribution in [0.4, 0.5) is 0 Å². The highest BCUT2D eigenvalue weighted by Crippen LogP contribution is 2.14. The second-order valence-electron chi connectivity index (χ2n) is 1.80. The van der Waals surface area contributed by atoms with Crippen molar-refractivity contribution in [2.24, 2.45) is 0 Å². The smallest absolute Gasteiger partial charge is 0.307 e. The summed E-state index contributed by atoms with van der Waals surface area (Å²) in [4.78, 5) is 14.1. The van der Waals surface area contributed by atoms with Gasteiger partial charge in [0, 0.05) is 0 Å². The minimum absolute atomic E-state index is 0.398. The van der Waals surface area contributed by atoms with E-state index in [-0.39, 0.29) is 0 Å². The monoisotopic (exact) mass is 218 g/mol. The van der Waals surface area contributed by atoms with E-state index >= 15 is 0 Å². The van der Waals surface area contributed by atoms with Crippen LogP contribution in [0.15, 0.2) is 6.20 Å². The number of aromatic nitrogens is 2. The van der Waals surface area contributed by atoms with E-state index in [2.05, 4.69) is 21.1 Å². The molecule has 60 valence electrons. The van der Waals surface area contributed by atoms with Gasteiger partial charge in [-0.2, -0.15) is 0 Å². The molecule has 1 aromatic rings. The van der Waals surface area contributed by atoms with Gasteiger partial charge in [-0.1, -0.05) is 0 Å². The first-order valence-electron chi connectivity index (χ1n) is 3.11. The highest BCUT2D eigenvalue weighted by Gasteiger charge is 2.06. The molecule has 0 N–H and O–H groups in total. The molecule has 0 atom stereocenters. The number of carbonyl (C=O) groups is 1. The molecule has 11 heavy (non-hydrogen) atoms. The molecule has 4 nitrogen and oxygen atoms in total. The van der Waals surface area contributed by atoms with E-state index in [0.29, 0.717) is 24.6 Å². The highest BCUT2D eigenvalue weighted by atomic mass is 79.9. The third kappa shape index (κ3) is 1.59. The summed E-state index contributed by atoms with van der Waals surface area (Å²) in [7, 11) is 0. The molecule has 0 aromatic carbocycles. The maximum Gasteiger partial charge on any atom is 0.307 e. The number of hydrogen-bond donors (Lipinski definition) is 0. The summed E-state index contributed by atoms with van der Waals surface area (Å²) in [6.07, 6.45) is 2.14. The molecule has 0 spiro atoms. The normalized spacial score (nSPS) is 9.64. The zero-order valence-corrected chi connectivity index (χ0v) is 7.54. The molecule has 0 aliphatic rings. The first-order valence-corrected chi connectivity index (χ1v) is 3.82. The van der Waals surface area contributed by atoms with E-state index in [1.165, 1.54) is 9.79 Å². The minimum atomic E-state index is 0.398. The summed E-state index contributed by atoms with van der Waals surface area (Å²) in [5, 5.41) is 0. The number of nitrogens with zero attached hydrogens (tertiary/aromatic N) is 2. The number of aldehydes is 1. The number of ether oxygens (including phenoxy) is 1. The van der Waals surface area contributed by atoms with Crippen LogP contribution in [0.2, 0.25) is 0 Å². The first-order chi connectivity index (χ1) is 5.29. The van der Waals surface area contributed by atoms with Crippen LogP contribution in [0.5, 0.6) is 6.01 Å². The van der Waals surface area contributed by atoms with Crippen LogP contribution in [0.3, 0.4) is 0 Å². The number of imidazole rings is 1. The lowest BCUT2D eigenvalue weighted by Gasteiger charge is -1.99. The second-order valence-corrected chi connectivity index (χ2v) is 2.51. The van der Waals surface area contributed by atoms with Gasteiger partial charge in [-0.05, 0) is 6.92 Å². The van der Waals surface area contributed by atoms with Crippen molar-refractivity contribution < 1.29 is 9.53 Å². The predicted octanol–water partition coefficient (Wildman–Crippen LogP) is 1.25. The van der Waals surface area contributed by atoms with Gasteiger partial charge in [-0.3, -0.25) is 4.79 Å². The molecule has 0 aliphatic heterocycles. The molecule has 0 saturated heterocycles. The molecule has 0 radical (unpaired) electrons. The molecule has 0 bridgehead atoms. The summed E-state index contributed by atoms with van der Waals surface area (Å²) < 4.78 is 6.49. The molecule has 0 aliphatic carbocycles.